The van der Waals surface area contributed by atoms with Gasteiger partial charge < -0.3 is 9.47 Å². The number of nitrogens with zero attached hydrogens (tertiary/aromatic N) is 3. The van der Waals surface area contributed by atoms with Crippen LogP contribution in [0, 0.1) is 0 Å². The van der Waals surface area contributed by atoms with Gasteiger partial charge in [-0.3, -0.25) is 4.99 Å². The van der Waals surface area contributed by atoms with E-state index >= 15 is 0 Å². The highest BCUT2D eigenvalue weighted by atomic mass is 15.3. The van der Waals surface area contributed by atoms with Crippen molar-refractivity contribution in [2.24, 2.45) is 4.99 Å². The summed E-state index contributed by atoms with van der Waals surface area (Å²) in [4.78, 5) is 7.57. The largest absolute Gasteiger partial charge is 0.317 e. The minimum absolute atomic E-state index is 0.109. The number of benzene rings is 7. The quantitative estimate of drug-likeness (QED) is 0.183. The molecule has 2 aliphatic carbocycles. The number of allylic oxidation sites excluding steroid dienone is 2. The molecule has 2 atom stereocenters. The molecule has 0 saturated heterocycles. The smallest absolute Gasteiger partial charge is 0.136 e. The normalized spacial score (nSPS) is 18.3. The predicted octanol–water partition coefficient (Wildman–Crippen LogP) is 11.3. The van der Waals surface area contributed by atoms with Gasteiger partial charge in [-0.15, -0.1) is 0 Å². The number of aromatic nitrogens is 1. The Morgan fingerprint density at radius 2 is 1.15 bits per heavy atom. The average molecular weight is 676 g/mol. The number of para-hydroxylation sites is 2. The second-order valence-electron chi connectivity index (χ2n) is 14.6. The molecule has 1 spiro atoms. The third kappa shape index (κ3) is 3.76. The van der Waals surface area contributed by atoms with Gasteiger partial charge in [-0.05, 0) is 74.8 Å². The van der Waals surface area contributed by atoms with Gasteiger partial charge in [0.1, 0.15) is 5.84 Å². The summed E-state index contributed by atoms with van der Waals surface area (Å²) in [5.41, 5.74) is 16.1. The monoisotopic (exact) mass is 675 g/mol. The van der Waals surface area contributed by atoms with Crippen molar-refractivity contribution in [3.05, 3.63) is 216 Å². The zero-order chi connectivity index (χ0) is 34.7. The molecule has 0 N–H and O–H groups in total. The number of hydrogen-bond donors (Lipinski definition) is 0. The van der Waals surface area contributed by atoms with Crippen LogP contribution in [0.3, 0.4) is 0 Å². The molecule has 12 rings (SSSR count). The molecule has 8 aromatic rings. The van der Waals surface area contributed by atoms with Gasteiger partial charge in [0.2, 0.25) is 0 Å². The average Bonchev–Trinajstić information content (AvgIpc) is 3.88. The summed E-state index contributed by atoms with van der Waals surface area (Å²) in [6.45, 7) is 0. The van der Waals surface area contributed by atoms with E-state index in [1.165, 1.54) is 72.0 Å². The Labute approximate surface area is 308 Å². The fraction of sp³-hybridized carbons (Fsp3) is 0.0600. The van der Waals surface area contributed by atoms with Crippen molar-refractivity contribution in [2.75, 3.05) is 4.90 Å². The fourth-order valence-electron chi connectivity index (χ4n) is 9.94. The number of anilines is 1. The van der Waals surface area contributed by atoms with E-state index in [0.717, 1.165) is 17.1 Å². The van der Waals surface area contributed by atoms with E-state index in [0.29, 0.717) is 0 Å². The molecule has 53 heavy (non-hydrogen) atoms. The molecule has 0 fully saturated rings. The van der Waals surface area contributed by atoms with Crippen LogP contribution in [0.4, 0.5) is 5.69 Å². The highest BCUT2D eigenvalue weighted by Gasteiger charge is 2.50. The third-order valence-electron chi connectivity index (χ3n) is 12.1. The Bertz CT molecular complexity index is 2860. The summed E-state index contributed by atoms with van der Waals surface area (Å²) in [5.74, 6) is 1.02. The maximum Gasteiger partial charge on any atom is 0.136 e. The molecule has 3 nitrogen and oxygen atoms in total. The van der Waals surface area contributed by atoms with Gasteiger partial charge in [-0.25, -0.2) is 0 Å². The SMILES string of the molecule is C1=CC2N=C(c3ccccc3)N(c3ccc(-c4ccc5c(c4)c4cccc6c4n5-c4ccccc4C64c5ccccc5-c5ccccc54)cc3)C2C=C1. The predicted molar refractivity (Wildman–Crippen MR) is 218 cm³/mol. The van der Waals surface area contributed by atoms with Crippen molar-refractivity contribution in [3.63, 3.8) is 0 Å². The molecule has 0 bridgehead atoms. The van der Waals surface area contributed by atoms with E-state index in [-0.39, 0.29) is 12.1 Å². The molecule has 3 heteroatoms. The minimum atomic E-state index is -0.397. The van der Waals surface area contributed by atoms with Crippen molar-refractivity contribution in [1.82, 2.24) is 4.57 Å². The fourth-order valence-corrected chi connectivity index (χ4v) is 9.94. The first-order valence-corrected chi connectivity index (χ1v) is 18.6. The Morgan fingerprint density at radius 3 is 1.94 bits per heavy atom. The van der Waals surface area contributed by atoms with E-state index in [1.54, 1.807) is 0 Å². The van der Waals surface area contributed by atoms with E-state index in [4.69, 9.17) is 4.99 Å². The van der Waals surface area contributed by atoms with Gasteiger partial charge in [0.25, 0.3) is 0 Å². The van der Waals surface area contributed by atoms with E-state index in [2.05, 4.69) is 198 Å². The van der Waals surface area contributed by atoms with Crippen molar-refractivity contribution in [3.8, 4) is 27.9 Å². The van der Waals surface area contributed by atoms with Crippen LogP contribution in [0.1, 0.15) is 27.8 Å². The van der Waals surface area contributed by atoms with Gasteiger partial charge in [0.15, 0.2) is 0 Å². The van der Waals surface area contributed by atoms with Crippen LogP contribution in [-0.2, 0) is 5.41 Å². The second kappa shape index (κ2) is 10.7. The molecule has 0 amide bonds. The molecule has 3 heterocycles. The van der Waals surface area contributed by atoms with Crippen LogP contribution >= 0.6 is 0 Å². The van der Waals surface area contributed by atoms with Crippen LogP contribution in [0.2, 0.25) is 0 Å². The molecule has 7 aromatic carbocycles. The number of fused-ring (bicyclic) bond motifs is 13. The van der Waals surface area contributed by atoms with Gasteiger partial charge in [-0.1, -0.05) is 158 Å². The van der Waals surface area contributed by atoms with Gasteiger partial charge >= 0.3 is 0 Å². The first kappa shape index (κ1) is 28.9. The summed E-state index contributed by atoms with van der Waals surface area (Å²) in [6, 6.07) is 61.0. The van der Waals surface area contributed by atoms with Gasteiger partial charge in [0, 0.05) is 22.0 Å². The molecule has 2 unspecified atom stereocenters. The number of hydrogen-bond acceptors (Lipinski definition) is 2. The summed E-state index contributed by atoms with van der Waals surface area (Å²) >= 11 is 0. The molecule has 2 aliphatic heterocycles. The third-order valence-corrected chi connectivity index (χ3v) is 12.1. The lowest BCUT2D eigenvalue weighted by Gasteiger charge is -2.39. The van der Waals surface area contributed by atoms with Crippen LogP contribution < -0.4 is 4.90 Å². The molecule has 0 saturated carbocycles. The van der Waals surface area contributed by atoms with E-state index in [1.807, 2.05) is 0 Å². The maximum absolute atomic E-state index is 5.17. The van der Waals surface area contributed by atoms with Crippen molar-refractivity contribution < 1.29 is 0 Å². The van der Waals surface area contributed by atoms with Crippen LogP contribution in [0.15, 0.2) is 193 Å². The van der Waals surface area contributed by atoms with E-state index in [9.17, 15) is 0 Å². The Morgan fingerprint density at radius 1 is 0.491 bits per heavy atom. The van der Waals surface area contributed by atoms with Crippen molar-refractivity contribution in [1.29, 1.82) is 0 Å². The van der Waals surface area contributed by atoms with Crippen molar-refractivity contribution in [2.45, 2.75) is 17.5 Å². The number of aliphatic imine (C=N–C) groups is 1. The lowest BCUT2D eigenvalue weighted by Crippen LogP contribution is -2.39. The van der Waals surface area contributed by atoms with Crippen LogP contribution in [-0.4, -0.2) is 22.5 Å². The summed E-state index contributed by atoms with van der Waals surface area (Å²) in [5, 5.41) is 2.56. The summed E-state index contributed by atoms with van der Waals surface area (Å²) in [6.07, 6.45) is 8.74. The second-order valence-corrected chi connectivity index (χ2v) is 14.6. The molecule has 4 aliphatic rings. The Balaban J connectivity index is 1.03. The first-order chi connectivity index (χ1) is 26.3. The molecular weight excluding hydrogens is 643 g/mol. The zero-order valence-electron chi connectivity index (χ0n) is 28.9. The van der Waals surface area contributed by atoms with Crippen molar-refractivity contribution >= 4 is 33.3 Å². The lowest BCUT2D eigenvalue weighted by molar-refractivity contribution is 0.739. The Hall–Kier alpha value is -6.71. The minimum Gasteiger partial charge on any atom is -0.317 e. The molecule has 0 radical (unpaired) electrons. The standard InChI is InChI=1S/C50H33N3/c1-2-13-33(14-3-1)49-51-44-22-9-11-24-47(44)52(49)35-28-25-32(26-29-35)34-27-30-45-39(31-34)38-17-12-21-43-48(38)53(45)46-23-10-8-20-42(46)50(43)40-18-6-4-15-36(40)37-16-5-7-19-41(37)50/h1-31,44,47H. The topological polar surface area (TPSA) is 20.5 Å². The maximum atomic E-state index is 5.17. The molecular formula is C50H33N3. The Kier molecular flexibility index (Phi) is 5.82. The highest BCUT2D eigenvalue weighted by Crippen LogP contribution is 2.60. The summed E-state index contributed by atoms with van der Waals surface area (Å²) < 4.78 is 2.53. The van der Waals surface area contributed by atoms with Crippen LogP contribution in [0.5, 0.6) is 0 Å². The molecule has 248 valence electrons. The van der Waals surface area contributed by atoms with Crippen LogP contribution in [0.25, 0.3) is 49.7 Å². The highest BCUT2D eigenvalue weighted by molar-refractivity contribution is 6.14. The van der Waals surface area contributed by atoms with Gasteiger partial charge in [0.05, 0.1) is 34.2 Å². The number of amidine groups is 1. The lowest BCUT2D eigenvalue weighted by atomic mass is 9.65. The molecule has 1 aromatic heterocycles. The van der Waals surface area contributed by atoms with E-state index < -0.39 is 5.41 Å². The number of rotatable bonds is 3. The van der Waals surface area contributed by atoms with Gasteiger partial charge in [-0.2, -0.15) is 0 Å². The summed E-state index contributed by atoms with van der Waals surface area (Å²) in [7, 11) is 0. The first-order valence-electron chi connectivity index (χ1n) is 18.6. The zero-order valence-corrected chi connectivity index (χ0v) is 28.9.